The first-order chi connectivity index (χ1) is 8.66. The van der Waals surface area contributed by atoms with Gasteiger partial charge in [0.2, 0.25) is 0 Å². The van der Waals surface area contributed by atoms with Crippen LogP contribution >= 0.6 is 0 Å². The number of sulfone groups is 1. The van der Waals surface area contributed by atoms with Crippen LogP contribution in [0.3, 0.4) is 0 Å². The van der Waals surface area contributed by atoms with Crippen molar-refractivity contribution in [2.75, 3.05) is 18.1 Å². The molecule has 0 bridgehead atoms. The normalized spacial score (nSPS) is 16.7. The minimum Gasteiger partial charge on any atom is -0.388 e. The molecule has 0 heterocycles. The molecule has 2 N–H and O–H groups in total. The second kappa shape index (κ2) is 5.92. The highest BCUT2D eigenvalue weighted by atomic mass is 32.2. The molecule has 0 aromatic heterocycles. The molecule has 0 amide bonds. The molecule has 0 aliphatic rings. The van der Waals surface area contributed by atoms with Crippen molar-refractivity contribution in [1.82, 2.24) is 0 Å². The minimum atomic E-state index is -3.16. The number of benzene rings is 1. The lowest BCUT2D eigenvalue weighted by atomic mass is 9.88. The molecule has 19 heavy (non-hydrogen) atoms. The average Bonchev–Trinajstić information content (AvgIpc) is 2.35. The van der Waals surface area contributed by atoms with Gasteiger partial charge in [-0.2, -0.15) is 0 Å². The van der Waals surface area contributed by atoms with Crippen LogP contribution in [0.1, 0.15) is 27.2 Å². The molecule has 0 spiro atoms. The smallest absolute Gasteiger partial charge is 0.175 e. The molecule has 0 radical (unpaired) electrons. The summed E-state index contributed by atoms with van der Waals surface area (Å²) >= 11 is 0. The molecule has 0 aliphatic heterocycles. The maximum atomic E-state index is 11.3. The van der Waals surface area contributed by atoms with E-state index in [1.54, 1.807) is 31.2 Å². The number of aliphatic hydroxyl groups is 1. The van der Waals surface area contributed by atoms with Crippen molar-refractivity contribution < 1.29 is 13.5 Å². The van der Waals surface area contributed by atoms with Crippen molar-refractivity contribution in [2.24, 2.45) is 5.92 Å². The maximum absolute atomic E-state index is 11.3. The van der Waals surface area contributed by atoms with Gasteiger partial charge in [0.1, 0.15) is 0 Å². The molecule has 5 heteroatoms. The fourth-order valence-electron chi connectivity index (χ4n) is 1.71. The van der Waals surface area contributed by atoms with E-state index in [2.05, 4.69) is 5.32 Å². The lowest BCUT2D eigenvalue weighted by Gasteiger charge is -2.30. The highest BCUT2D eigenvalue weighted by molar-refractivity contribution is 7.90. The fraction of sp³-hybridized carbons (Fsp3) is 0.571. The van der Waals surface area contributed by atoms with Gasteiger partial charge in [-0.1, -0.05) is 20.3 Å². The first-order valence-corrected chi connectivity index (χ1v) is 8.32. The monoisotopic (exact) mass is 285 g/mol. The maximum Gasteiger partial charge on any atom is 0.175 e. The Hall–Kier alpha value is -1.07. The molecule has 0 saturated carbocycles. The Balaban J connectivity index is 2.70. The summed E-state index contributed by atoms with van der Waals surface area (Å²) in [4.78, 5) is 0.298. The summed E-state index contributed by atoms with van der Waals surface area (Å²) in [6.45, 7) is 6.29. The Morgan fingerprint density at radius 1 is 1.32 bits per heavy atom. The van der Waals surface area contributed by atoms with Gasteiger partial charge in [-0.3, -0.25) is 0 Å². The lowest BCUT2D eigenvalue weighted by Crippen LogP contribution is -2.39. The van der Waals surface area contributed by atoms with Crippen LogP contribution in [-0.4, -0.2) is 31.9 Å². The summed E-state index contributed by atoms with van der Waals surface area (Å²) < 4.78 is 22.7. The molecular formula is C14H23NO3S. The number of rotatable bonds is 6. The molecule has 1 aromatic rings. The number of anilines is 1. The summed E-state index contributed by atoms with van der Waals surface area (Å²) in [5, 5.41) is 13.4. The summed E-state index contributed by atoms with van der Waals surface area (Å²) in [6.07, 6.45) is 2.09. The van der Waals surface area contributed by atoms with Gasteiger partial charge in [0.25, 0.3) is 0 Å². The predicted molar refractivity (Wildman–Crippen MR) is 78.1 cm³/mol. The third-order valence-corrected chi connectivity index (χ3v) is 4.74. The first-order valence-electron chi connectivity index (χ1n) is 6.43. The second-order valence-corrected chi connectivity index (χ2v) is 7.33. The van der Waals surface area contributed by atoms with Gasteiger partial charge < -0.3 is 10.4 Å². The van der Waals surface area contributed by atoms with Crippen LogP contribution < -0.4 is 5.32 Å². The van der Waals surface area contributed by atoms with E-state index in [-0.39, 0.29) is 5.92 Å². The van der Waals surface area contributed by atoms with Crippen molar-refractivity contribution >= 4 is 15.5 Å². The fourth-order valence-corrected chi connectivity index (χ4v) is 2.35. The molecule has 1 aromatic carbocycles. The lowest BCUT2D eigenvalue weighted by molar-refractivity contribution is 0.0176. The van der Waals surface area contributed by atoms with Crippen LogP contribution in [0.2, 0.25) is 0 Å². The van der Waals surface area contributed by atoms with Crippen molar-refractivity contribution in [3.8, 4) is 0 Å². The molecule has 0 saturated heterocycles. The zero-order chi connectivity index (χ0) is 14.7. The van der Waals surface area contributed by atoms with Crippen molar-refractivity contribution in [3.05, 3.63) is 24.3 Å². The molecular weight excluding hydrogens is 262 g/mol. The van der Waals surface area contributed by atoms with Crippen LogP contribution in [0.4, 0.5) is 5.69 Å². The summed E-state index contributed by atoms with van der Waals surface area (Å²) in [5.41, 5.74) is 0.0144. The van der Waals surface area contributed by atoms with Gasteiger partial charge in [0.05, 0.1) is 10.5 Å². The first kappa shape index (κ1) is 16.0. The van der Waals surface area contributed by atoms with Crippen molar-refractivity contribution in [2.45, 2.75) is 37.7 Å². The van der Waals surface area contributed by atoms with E-state index in [4.69, 9.17) is 0 Å². The Kier molecular flexibility index (Phi) is 4.98. The van der Waals surface area contributed by atoms with E-state index in [0.29, 0.717) is 11.4 Å². The highest BCUT2D eigenvalue weighted by Gasteiger charge is 2.26. The molecule has 0 fully saturated rings. The van der Waals surface area contributed by atoms with E-state index in [1.165, 1.54) is 6.26 Å². The van der Waals surface area contributed by atoms with E-state index in [0.717, 1.165) is 12.1 Å². The zero-order valence-electron chi connectivity index (χ0n) is 12.0. The van der Waals surface area contributed by atoms with Crippen molar-refractivity contribution in [1.29, 1.82) is 0 Å². The van der Waals surface area contributed by atoms with Crippen LogP contribution in [0.25, 0.3) is 0 Å². The number of nitrogens with one attached hydrogen (secondary N) is 1. The van der Waals surface area contributed by atoms with Gasteiger partial charge >= 0.3 is 0 Å². The van der Waals surface area contributed by atoms with E-state index in [1.807, 2.05) is 13.8 Å². The van der Waals surface area contributed by atoms with Gasteiger partial charge in [-0.15, -0.1) is 0 Å². The van der Waals surface area contributed by atoms with Crippen LogP contribution in [0.15, 0.2) is 29.2 Å². The molecule has 108 valence electrons. The largest absolute Gasteiger partial charge is 0.388 e. The zero-order valence-corrected chi connectivity index (χ0v) is 12.8. The Labute approximate surface area is 115 Å². The molecule has 2 unspecified atom stereocenters. The predicted octanol–water partition coefficient (Wildman–Crippen LogP) is 2.30. The van der Waals surface area contributed by atoms with Crippen LogP contribution in [0, 0.1) is 5.92 Å². The SMILES string of the molecule is CCC(C)C(C)(O)CNc1ccc(S(C)(=O)=O)cc1. The van der Waals surface area contributed by atoms with Crippen LogP contribution in [0.5, 0.6) is 0 Å². The van der Waals surface area contributed by atoms with Gasteiger partial charge in [0, 0.05) is 18.5 Å². The third kappa shape index (κ3) is 4.51. The van der Waals surface area contributed by atoms with E-state index in [9.17, 15) is 13.5 Å². The Bertz CT molecular complexity index is 506. The summed E-state index contributed by atoms with van der Waals surface area (Å²) in [7, 11) is -3.16. The molecule has 0 aliphatic carbocycles. The topological polar surface area (TPSA) is 66.4 Å². The average molecular weight is 285 g/mol. The Morgan fingerprint density at radius 2 is 1.84 bits per heavy atom. The molecule has 4 nitrogen and oxygen atoms in total. The summed E-state index contributed by atoms with van der Waals surface area (Å²) in [5.74, 6) is 0.190. The Morgan fingerprint density at radius 3 is 2.26 bits per heavy atom. The quantitative estimate of drug-likeness (QED) is 0.841. The van der Waals surface area contributed by atoms with E-state index >= 15 is 0 Å². The number of hydrogen-bond donors (Lipinski definition) is 2. The standard InChI is InChI=1S/C14H23NO3S/c1-5-11(2)14(3,16)10-15-12-6-8-13(9-7-12)19(4,17)18/h6-9,11,15-16H,5,10H2,1-4H3. The molecule has 2 atom stereocenters. The van der Waals surface area contributed by atoms with Gasteiger partial charge in [0.15, 0.2) is 9.84 Å². The highest BCUT2D eigenvalue weighted by Crippen LogP contribution is 2.21. The van der Waals surface area contributed by atoms with Crippen molar-refractivity contribution in [3.63, 3.8) is 0 Å². The van der Waals surface area contributed by atoms with E-state index < -0.39 is 15.4 Å². The summed E-state index contributed by atoms with van der Waals surface area (Å²) in [6, 6.07) is 6.55. The molecule has 1 rings (SSSR count). The van der Waals surface area contributed by atoms with Crippen LogP contribution in [-0.2, 0) is 9.84 Å². The number of hydrogen-bond acceptors (Lipinski definition) is 4. The minimum absolute atomic E-state index is 0.190. The third-order valence-electron chi connectivity index (χ3n) is 3.61. The van der Waals surface area contributed by atoms with Gasteiger partial charge in [-0.25, -0.2) is 8.42 Å². The second-order valence-electron chi connectivity index (χ2n) is 5.32. The van der Waals surface area contributed by atoms with Gasteiger partial charge in [-0.05, 0) is 37.1 Å².